The van der Waals surface area contributed by atoms with Crippen LogP contribution in [0.15, 0.2) is 53.8 Å². The Hall–Kier alpha value is -2.92. The van der Waals surface area contributed by atoms with Gasteiger partial charge in [0.1, 0.15) is 5.82 Å². The van der Waals surface area contributed by atoms with E-state index in [-0.39, 0.29) is 17.4 Å². The molecule has 158 valence electrons. The topological polar surface area (TPSA) is 64.0 Å². The highest BCUT2D eigenvalue weighted by atomic mass is 35.5. The van der Waals surface area contributed by atoms with E-state index >= 15 is 0 Å². The van der Waals surface area contributed by atoms with Gasteiger partial charge in [-0.05, 0) is 42.8 Å². The van der Waals surface area contributed by atoms with E-state index in [0.29, 0.717) is 39.5 Å². The Labute approximate surface area is 182 Å². The molecule has 1 N–H and O–H groups in total. The number of carbonyl (C=O) groups excluding carboxylic acids is 1. The minimum atomic E-state index is -0.178. The molecule has 3 aromatic rings. The van der Waals surface area contributed by atoms with Crippen molar-refractivity contribution in [1.82, 2.24) is 9.55 Å². The van der Waals surface area contributed by atoms with Crippen molar-refractivity contribution in [2.45, 2.75) is 47.0 Å². The molecule has 0 unspecified atom stereocenters. The normalized spacial score (nSPS) is 10.5. The fraction of sp³-hybridized carbons (Fsp3) is 0.292. The summed E-state index contributed by atoms with van der Waals surface area (Å²) in [5.74, 6) is 0.474. The first-order valence-corrected chi connectivity index (χ1v) is 10.4. The first-order chi connectivity index (χ1) is 14.3. The van der Waals surface area contributed by atoms with Crippen molar-refractivity contribution in [2.75, 3.05) is 5.32 Å². The lowest BCUT2D eigenvalue weighted by atomic mass is 10.0. The van der Waals surface area contributed by atoms with E-state index in [4.69, 9.17) is 16.6 Å². The Morgan fingerprint density at radius 2 is 1.83 bits per heavy atom. The largest absolute Gasteiger partial charge is 0.326 e. The number of rotatable bonds is 5. The van der Waals surface area contributed by atoms with Gasteiger partial charge in [-0.3, -0.25) is 14.2 Å². The van der Waals surface area contributed by atoms with Crippen LogP contribution in [0.3, 0.4) is 0 Å². The van der Waals surface area contributed by atoms with E-state index in [1.807, 2.05) is 27.7 Å². The molecule has 2 aromatic carbocycles. The summed E-state index contributed by atoms with van der Waals surface area (Å²) in [4.78, 5) is 29.8. The van der Waals surface area contributed by atoms with Gasteiger partial charge in [0, 0.05) is 29.1 Å². The number of carbonyl (C=O) groups is 1. The highest BCUT2D eigenvalue weighted by molar-refractivity contribution is 6.30. The molecular formula is C24H28ClN3O2. The van der Waals surface area contributed by atoms with Crippen LogP contribution in [0.25, 0.3) is 16.6 Å². The molecule has 6 heteroatoms. The zero-order chi connectivity index (χ0) is 22.4. The molecule has 5 nitrogen and oxygen atoms in total. The number of hydrogen-bond acceptors (Lipinski definition) is 3. The standard InChI is InChI=1S/C22H22ClN3O2.C2H6/c1-5-6-17-19(24-14(4)27)12-11-18-20(17)25-21(13(2)3)26(22(18)28)16-9-7-15(23)8-10-16;1-2/h5,7-13H,1,6H2,2-4H3,(H,24,27);1-2H3. The number of fused-ring (bicyclic) bond motifs is 1. The molecule has 0 bridgehead atoms. The quantitative estimate of drug-likeness (QED) is 0.519. The van der Waals surface area contributed by atoms with E-state index in [9.17, 15) is 9.59 Å². The Morgan fingerprint density at radius 1 is 1.20 bits per heavy atom. The van der Waals surface area contributed by atoms with Gasteiger partial charge >= 0.3 is 0 Å². The number of aromatic nitrogens is 2. The molecule has 3 rings (SSSR count). The van der Waals surface area contributed by atoms with Crippen molar-refractivity contribution in [3.05, 3.63) is 75.8 Å². The number of anilines is 1. The van der Waals surface area contributed by atoms with E-state index in [1.54, 1.807) is 47.0 Å². The number of halogens is 1. The highest BCUT2D eigenvalue weighted by Crippen LogP contribution is 2.27. The van der Waals surface area contributed by atoms with Crippen LogP contribution in [0.1, 0.15) is 51.9 Å². The van der Waals surface area contributed by atoms with Crippen LogP contribution in [0.4, 0.5) is 5.69 Å². The Kier molecular flexibility index (Phi) is 7.95. The summed E-state index contributed by atoms with van der Waals surface area (Å²) in [6.45, 7) is 13.2. The first kappa shape index (κ1) is 23.4. The number of amides is 1. The highest BCUT2D eigenvalue weighted by Gasteiger charge is 2.19. The fourth-order valence-electron chi connectivity index (χ4n) is 3.21. The molecule has 0 aliphatic carbocycles. The molecule has 0 radical (unpaired) electrons. The number of nitrogens with zero attached hydrogens (tertiary/aromatic N) is 2. The van der Waals surface area contributed by atoms with E-state index in [0.717, 1.165) is 5.56 Å². The lowest BCUT2D eigenvalue weighted by molar-refractivity contribution is -0.114. The average Bonchev–Trinajstić information content (AvgIpc) is 2.71. The number of benzene rings is 2. The minimum Gasteiger partial charge on any atom is -0.326 e. The van der Waals surface area contributed by atoms with E-state index in [1.165, 1.54) is 6.92 Å². The molecule has 0 spiro atoms. The van der Waals surface area contributed by atoms with Crippen LogP contribution in [-0.2, 0) is 11.2 Å². The summed E-state index contributed by atoms with van der Waals surface area (Å²) >= 11 is 6.00. The Balaban J connectivity index is 0.00000155. The monoisotopic (exact) mass is 425 g/mol. The van der Waals surface area contributed by atoms with Crippen LogP contribution in [-0.4, -0.2) is 15.5 Å². The fourth-order valence-corrected chi connectivity index (χ4v) is 3.34. The van der Waals surface area contributed by atoms with Gasteiger partial charge in [0.15, 0.2) is 0 Å². The maximum atomic E-state index is 13.4. The van der Waals surface area contributed by atoms with Gasteiger partial charge in [-0.15, -0.1) is 6.58 Å². The second-order valence-corrected chi connectivity index (χ2v) is 7.34. The summed E-state index contributed by atoms with van der Waals surface area (Å²) in [5, 5.41) is 3.91. The molecule has 1 heterocycles. The number of allylic oxidation sites excluding steroid dienone is 1. The predicted octanol–water partition coefficient (Wildman–Crippen LogP) is 5.88. The number of hydrogen-bond donors (Lipinski definition) is 1. The van der Waals surface area contributed by atoms with Crippen LogP contribution in [0.5, 0.6) is 0 Å². The predicted molar refractivity (Wildman–Crippen MR) is 126 cm³/mol. The average molecular weight is 426 g/mol. The lowest BCUT2D eigenvalue weighted by Crippen LogP contribution is -2.25. The maximum Gasteiger partial charge on any atom is 0.265 e. The molecule has 30 heavy (non-hydrogen) atoms. The van der Waals surface area contributed by atoms with E-state index in [2.05, 4.69) is 11.9 Å². The molecular weight excluding hydrogens is 398 g/mol. The maximum absolute atomic E-state index is 13.4. The van der Waals surface area contributed by atoms with Gasteiger partial charge < -0.3 is 5.32 Å². The molecule has 0 atom stereocenters. The Bertz CT molecular complexity index is 1120. The SMILES string of the molecule is C=CCc1c(NC(C)=O)ccc2c(=O)n(-c3ccc(Cl)cc3)c(C(C)C)nc12.CC. The lowest BCUT2D eigenvalue weighted by Gasteiger charge is -2.18. The molecule has 0 aliphatic rings. The molecule has 0 saturated heterocycles. The molecule has 0 saturated carbocycles. The number of nitrogens with one attached hydrogen (secondary N) is 1. The molecule has 0 fully saturated rings. The second kappa shape index (κ2) is 10.2. The van der Waals surface area contributed by atoms with Crippen LogP contribution < -0.4 is 10.9 Å². The summed E-state index contributed by atoms with van der Waals surface area (Å²) in [7, 11) is 0. The molecule has 1 aromatic heterocycles. The van der Waals surface area contributed by atoms with Crippen LogP contribution >= 0.6 is 11.6 Å². The third kappa shape index (κ3) is 4.79. The summed E-state index contributed by atoms with van der Waals surface area (Å²) in [5.41, 5.74) is 2.57. The third-order valence-corrected chi connectivity index (χ3v) is 4.68. The second-order valence-electron chi connectivity index (χ2n) is 6.90. The minimum absolute atomic E-state index is 0.00813. The van der Waals surface area contributed by atoms with E-state index < -0.39 is 0 Å². The first-order valence-electron chi connectivity index (χ1n) is 10.1. The van der Waals surface area contributed by atoms with Gasteiger partial charge in [0.2, 0.25) is 5.91 Å². The Morgan fingerprint density at radius 3 is 2.37 bits per heavy atom. The van der Waals surface area contributed by atoms with Crippen molar-refractivity contribution < 1.29 is 4.79 Å². The van der Waals surface area contributed by atoms with Crippen molar-refractivity contribution in [2.24, 2.45) is 0 Å². The summed E-state index contributed by atoms with van der Waals surface area (Å²) in [6, 6.07) is 10.6. The zero-order valence-corrected chi connectivity index (χ0v) is 18.9. The van der Waals surface area contributed by atoms with Crippen molar-refractivity contribution in [1.29, 1.82) is 0 Å². The third-order valence-electron chi connectivity index (χ3n) is 4.43. The van der Waals surface area contributed by atoms with Crippen LogP contribution in [0, 0.1) is 0 Å². The summed E-state index contributed by atoms with van der Waals surface area (Å²) in [6.07, 6.45) is 2.23. The van der Waals surface area contributed by atoms with Gasteiger partial charge in [-0.1, -0.05) is 45.4 Å². The van der Waals surface area contributed by atoms with Crippen molar-refractivity contribution in [3.63, 3.8) is 0 Å². The van der Waals surface area contributed by atoms with Crippen molar-refractivity contribution >= 4 is 34.1 Å². The van der Waals surface area contributed by atoms with Gasteiger partial charge in [0.05, 0.1) is 16.6 Å². The van der Waals surface area contributed by atoms with Gasteiger partial charge in [-0.25, -0.2) is 4.98 Å². The van der Waals surface area contributed by atoms with Gasteiger partial charge in [-0.2, -0.15) is 0 Å². The smallest absolute Gasteiger partial charge is 0.265 e. The summed E-state index contributed by atoms with van der Waals surface area (Å²) < 4.78 is 1.62. The molecule has 1 amide bonds. The zero-order valence-electron chi connectivity index (χ0n) is 18.1. The molecule has 0 aliphatic heterocycles. The van der Waals surface area contributed by atoms with Crippen LogP contribution in [0.2, 0.25) is 5.02 Å². The van der Waals surface area contributed by atoms with Gasteiger partial charge in [0.25, 0.3) is 5.56 Å². The van der Waals surface area contributed by atoms with Crippen molar-refractivity contribution in [3.8, 4) is 5.69 Å².